The normalized spacial score (nSPS) is 20.8. The van der Waals surface area contributed by atoms with E-state index in [0.29, 0.717) is 6.04 Å². The monoisotopic (exact) mass is 355 g/mol. The van der Waals surface area contributed by atoms with Crippen molar-refractivity contribution in [2.75, 3.05) is 20.1 Å². The van der Waals surface area contributed by atoms with E-state index >= 15 is 0 Å². The van der Waals surface area contributed by atoms with Gasteiger partial charge in [0.25, 0.3) is 0 Å². The van der Waals surface area contributed by atoms with Gasteiger partial charge in [-0.05, 0) is 71.1 Å². The van der Waals surface area contributed by atoms with Gasteiger partial charge in [-0.1, -0.05) is 6.08 Å². The van der Waals surface area contributed by atoms with Crippen molar-refractivity contribution in [3.63, 3.8) is 0 Å². The van der Waals surface area contributed by atoms with Crippen molar-refractivity contribution in [2.45, 2.75) is 44.9 Å². The molecule has 1 aromatic heterocycles. The molecule has 0 aliphatic carbocycles. The zero-order valence-electron chi connectivity index (χ0n) is 15.7. The molecule has 0 aromatic carbocycles. The Hall–Kier alpha value is -2.34. The number of hydrogen-bond donors (Lipinski definition) is 1. The summed E-state index contributed by atoms with van der Waals surface area (Å²) in [4.78, 5) is 13.4. The van der Waals surface area contributed by atoms with Crippen molar-refractivity contribution < 1.29 is 4.74 Å². The van der Waals surface area contributed by atoms with E-state index in [1.165, 1.54) is 6.34 Å². The Labute approximate surface area is 156 Å². The van der Waals surface area contributed by atoms with E-state index in [0.717, 1.165) is 55.8 Å². The molecule has 0 bridgehead atoms. The maximum atomic E-state index is 6.16. The van der Waals surface area contributed by atoms with Crippen molar-refractivity contribution in [1.29, 1.82) is 0 Å². The lowest BCUT2D eigenvalue weighted by atomic mass is 10.0. The van der Waals surface area contributed by atoms with Crippen LogP contribution in [-0.4, -0.2) is 53.5 Å². The first-order chi connectivity index (χ1) is 12.7. The van der Waals surface area contributed by atoms with Gasteiger partial charge in [0.2, 0.25) is 6.23 Å². The van der Waals surface area contributed by atoms with E-state index in [4.69, 9.17) is 10.5 Å². The van der Waals surface area contributed by atoms with Crippen LogP contribution in [0.5, 0.6) is 5.75 Å². The minimum absolute atomic E-state index is 0.420. The predicted octanol–water partition coefficient (Wildman–Crippen LogP) is 2.67. The zero-order valence-corrected chi connectivity index (χ0v) is 15.7. The number of pyridine rings is 1. The van der Waals surface area contributed by atoms with E-state index < -0.39 is 6.23 Å². The third-order valence-electron chi connectivity index (χ3n) is 5.04. The molecule has 0 saturated carbocycles. The fourth-order valence-electron chi connectivity index (χ4n) is 3.45. The summed E-state index contributed by atoms with van der Waals surface area (Å²) in [6, 6.07) is 4.32. The molecule has 1 atom stereocenters. The fraction of sp³-hybridized carbons (Fsp3) is 0.500. The van der Waals surface area contributed by atoms with E-state index in [1.54, 1.807) is 6.20 Å². The summed E-state index contributed by atoms with van der Waals surface area (Å²) < 4.78 is 6.16. The van der Waals surface area contributed by atoms with Gasteiger partial charge in [-0.2, -0.15) is 0 Å². The van der Waals surface area contributed by atoms with E-state index in [9.17, 15) is 0 Å². The summed E-state index contributed by atoms with van der Waals surface area (Å²) in [5.41, 5.74) is 7.60. The molecule has 2 aliphatic rings. The Morgan fingerprint density at radius 1 is 1.38 bits per heavy atom. The Kier molecular flexibility index (Phi) is 6.28. The van der Waals surface area contributed by atoms with Crippen LogP contribution < -0.4 is 10.5 Å². The summed E-state index contributed by atoms with van der Waals surface area (Å²) in [5, 5.41) is 0. The van der Waals surface area contributed by atoms with Crippen LogP contribution in [-0.2, 0) is 0 Å². The number of likely N-dealkylation sites (tertiary alicyclic amines) is 1. The van der Waals surface area contributed by atoms with Crippen molar-refractivity contribution in [1.82, 2.24) is 14.8 Å². The minimum Gasteiger partial charge on any atom is -0.463 e. The van der Waals surface area contributed by atoms with Gasteiger partial charge in [-0.25, -0.2) is 4.99 Å². The molecule has 1 unspecified atom stereocenters. The largest absolute Gasteiger partial charge is 0.463 e. The third-order valence-corrected chi connectivity index (χ3v) is 5.04. The highest BCUT2D eigenvalue weighted by Crippen LogP contribution is 2.26. The van der Waals surface area contributed by atoms with Crippen molar-refractivity contribution >= 4 is 6.34 Å². The van der Waals surface area contributed by atoms with Gasteiger partial charge in [-0.3, -0.25) is 4.98 Å². The molecule has 6 heteroatoms. The molecule has 2 aliphatic heterocycles. The summed E-state index contributed by atoms with van der Waals surface area (Å²) in [5.74, 6) is 0.743. The van der Waals surface area contributed by atoms with Crippen LogP contribution >= 0.6 is 0 Å². The van der Waals surface area contributed by atoms with E-state index in [-0.39, 0.29) is 0 Å². The SMILES string of the molecule is Cc1ncccc1OC(/N=C\N)C1=CN(C2CCN(C)CC2)C=CCC1. The Bertz CT molecular complexity index is 677. The van der Waals surface area contributed by atoms with E-state index in [1.807, 2.05) is 19.1 Å². The topological polar surface area (TPSA) is 67.0 Å². The second-order valence-corrected chi connectivity index (χ2v) is 6.96. The van der Waals surface area contributed by atoms with Crippen molar-refractivity contribution in [3.8, 4) is 5.75 Å². The number of hydrogen-bond acceptors (Lipinski definition) is 5. The number of nitrogens with zero attached hydrogens (tertiary/aromatic N) is 4. The lowest BCUT2D eigenvalue weighted by molar-refractivity contribution is 0.188. The average molecular weight is 355 g/mol. The van der Waals surface area contributed by atoms with Crippen LogP contribution in [0, 0.1) is 6.92 Å². The fourth-order valence-corrected chi connectivity index (χ4v) is 3.45. The van der Waals surface area contributed by atoms with E-state index in [2.05, 4.69) is 45.3 Å². The van der Waals surface area contributed by atoms with Gasteiger partial charge >= 0.3 is 0 Å². The Balaban J connectivity index is 1.79. The lowest BCUT2D eigenvalue weighted by Gasteiger charge is -2.35. The van der Waals surface area contributed by atoms with Crippen LogP contribution in [0.4, 0.5) is 0 Å². The minimum atomic E-state index is -0.420. The number of nitrogens with two attached hydrogens (primary N) is 1. The Morgan fingerprint density at radius 3 is 2.92 bits per heavy atom. The van der Waals surface area contributed by atoms with Gasteiger partial charge in [0.1, 0.15) is 5.75 Å². The summed E-state index contributed by atoms with van der Waals surface area (Å²) >= 11 is 0. The lowest BCUT2D eigenvalue weighted by Crippen LogP contribution is -2.39. The van der Waals surface area contributed by atoms with Crippen molar-refractivity contribution in [3.05, 3.63) is 48.1 Å². The molecule has 6 nitrogen and oxygen atoms in total. The highest BCUT2D eigenvalue weighted by Gasteiger charge is 2.24. The van der Waals surface area contributed by atoms with Crippen LogP contribution in [0.3, 0.4) is 0 Å². The van der Waals surface area contributed by atoms with Gasteiger partial charge in [0.15, 0.2) is 0 Å². The van der Waals surface area contributed by atoms with Gasteiger partial charge in [-0.15, -0.1) is 0 Å². The summed E-state index contributed by atoms with van der Waals surface area (Å²) in [6.07, 6.45) is 13.5. The zero-order chi connectivity index (χ0) is 18.4. The number of aromatic nitrogens is 1. The number of rotatable bonds is 5. The first kappa shape index (κ1) is 18.5. The summed E-state index contributed by atoms with van der Waals surface area (Å²) in [6.45, 7) is 4.20. The number of ether oxygens (including phenoxy) is 1. The molecule has 0 amide bonds. The van der Waals surface area contributed by atoms with Crippen LogP contribution in [0.15, 0.2) is 47.4 Å². The highest BCUT2D eigenvalue weighted by atomic mass is 16.5. The third kappa shape index (κ3) is 4.64. The summed E-state index contributed by atoms with van der Waals surface area (Å²) in [7, 11) is 2.19. The molecule has 2 N–H and O–H groups in total. The predicted molar refractivity (Wildman–Crippen MR) is 105 cm³/mol. The second-order valence-electron chi connectivity index (χ2n) is 6.96. The molecule has 3 heterocycles. The molecule has 1 aromatic rings. The van der Waals surface area contributed by atoms with Crippen molar-refractivity contribution in [2.24, 2.45) is 10.7 Å². The number of aliphatic imine (C=N–C) groups is 1. The number of piperidine rings is 1. The van der Waals surface area contributed by atoms with Crippen LogP contribution in [0.1, 0.15) is 31.4 Å². The Morgan fingerprint density at radius 2 is 2.19 bits per heavy atom. The number of aryl methyl sites for hydroxylation is 1. The van der Waals surface area contributed by atoms with Gasteiger partial charge in [0, 0.05) is 24.0 Å². The number of allylic oxidation sites excluding steroid dienone is 1. The molecule has 0 radical (unpaired) electrons. The highest BCUT2D eigenvalue weighted by molar-refractivity contribution is 5.52. The molecule has 140 valence electrons. The smallest absolute Gasteiger partial charge is 0.215 e. The molecular weight excluding hydrogens is 326 g/mol. The maximum Gasteiger partial charge on any atom is 0.215 e. The first-order valence-electron chi connectivity index (χ1n) is 9.32. The van der Waals surface area contributed by atoms with Crippen LogP contribution in [0.2, 0.25) is 0 Å². The molecule has 3 rings (SSSR count). The molecule has 26 heavy (non-hydrogen) atoms. The molecule has 1 fully saturated rings. The quantitative estimate of drug-likeness (QED) is 0.650. The first-order valence-corrected chi connectivity index (χ1v) is 9.32. The second kappa shape index (κ2) is 8.85. The average Bonchev–Trinajstić information content (AvgIpc) is 2.90. The van der Waals surface area contributed by atoms with Gasteiger partial charge in [0.05, 0.1) is 12.0 Å². The molecule has 0 spiro atoms. The van der Waals surface area contributed by atoms with Crippen LogP contribution in [0.25, 0.3) is 0 Å². The maximum absolute atomic E-state index is 6.16. The molecule has 1 saturated heterocycles. The molecular formula is C20H29N5O. The van der Waals surface area contributed by atoms with Gasteiger partial charge < -0.3 is 20.3 Å². The standard InChI is InChI=1S/C20H29N5O/c1-16-19(7-5-10-22-16)26-20(23-15-21)17-6-3-4-11-25(14-17)18-8-12-24(2)13-9-18/h4-5,7,10-11,14-15,18,20H,3,6,8-9,12-13H2,1-2H3,(H2,21,23).